The minimum absolute atomic E-state index is 0.0486. The van der Waals surface area contributed by atoms with Crippen molar-refractivity contribution in [2.24, 2.45) is 5.73 Å². The molecular formula is C6H13N3O3. The summed E-state index contributed by atoms with van der Waals surface area (Å²) in [7, 11) is 0. The van der Waals surface area contributed by atoms with Crippen LogP contribution in [0.1, 0.15) is 6.92 Å². The fraction of sp³-hybridized carbons (Fsp3) is 0.667. The Morgan fingerprint density at radius 3 is 2.42 bits per heavy atom. The summed E-state index contributed by atoms with van der Waals surface area (Å²) in [6.07, 6.45) is 0. The van der Waals surface area contributed by atoms with Crippen molar-refractivity contribution in [1.29, 1.82) is 0 Å². The maximum Gasteiger partial charge on any atom is 0.317 e. The molecule has 1 heterocycles. The molecule has 0 radical (unpaired) electrons. The first-order chi connectivity index (χ1) is 5.56. The van der Waals surface area contributed by atoms with Gasteiger partial charge in [0.15, 0.2) is 0 Å². The first-order valence-corrected chi connectivity index (χ1v) is 3.52. The number of carbonyl (C=O) groups excluding carboxylic acids is 1. The third-order valence-corrected chi connectivity index (χ3v) is 1.12. The van der Waals surface area contributed by atoms with Crippen LogP contribution >= 0.6 is 0 Å². The molecule has 1 aliphatic heterocycles. The van der Waals surface area contributed by atoms with Crippen LogP contribution < -0.4 is 16.4 Å². The highest BCUT2D eigenvalue weighted by Crippen LogP contribution is 1.84. The van der Waals surface area contributed by atoms with E-state index in [0.29, 0.717) is 6.04 Å². The lowest BCUT2D eigenvalue weighted by atomic mass is 10.4. The third kappa shape index (κ3) is 5.48. The second-order valence-corrected chi connectivity index (χ2v) is 2.35. The molecule has 1 unspecified atom stereocenters. The fourth-order valence-corrected chi connectivity index (χ4v) is 0.572. The normalized spacial score (nSPS) is 20.2. The molecule has 0 aromatic carbocycles. The van der Waals surface area contributed by atoms with Gasteiger partial charge >= 0.3 is 12.0 Å². The number of carbonyl (C=O) groups is 2. The Hall–Kier alpha value is -1.30. The number of nitrogens with one attached hydrogen (secondary N) is 2. The van der Waals surface area contributed by atoms with E-state index in [1.54, 1.807) is 0 Å². The highest BCUT2D eigenvalue weighted by Gasteiger charge is 2.13. The van der Waals surface area contributed by atoms with Crippen molar-refractivity contribution in [2.45, 2.75) is 13.0 Å². The molecule has 0 aromatic heterocycles. The summed E-state index contributed by atoms with van der Waals surface area (Å²) >= 11 is 0. The molecule has 5 N–H and O–H groups in total. The number of carboxylic acid groups (broad SMARTS) is 1. The summed E-state index contributed by atoms with van der Waals surface area (Å²) in [5, 5.41) is 12.9. The molecule has 6 heteroatoms. The quantitative estimate of drug-likeness (QED) is 0.398. The van der Waals surface area contributed by atoms with Crippen molar-refractivity contribution >= 4 is 12.0 Å². The molecule has 1 fully saturated rings. The summed E-state index contributed by atoms with van der Waals surface area (Å²) in [6.45, 7) is 2.44. The van der Waals surface area contributed by atoms with Crippen LogP contribution in [0.3, 0.4) is 0 Å². The van der Waals surface area contributed by atoms with Gasteiger partial charge in [-0.1, -0.05) is 0 Å². The van der Waals surface area contributed by atoms with Gasteiger partial charge < -0.3 is 21.5 Å². The Kier molecular flexibility index (Phi) is 4.78. The highest BCUT2D eigenvalue weighted by atomic mass is 16.4. The standard InChI is InChI=1S/C4H8N2O.C2H5NO2/c1-3-2-5-4(7)6-3;3-1-2(4)5/h3H,2H2,1H3,(H2,5,6,7);1,3H2,(H,4,5). The van der Waals surface area contributed by atoms with Gasteiger partial charge in [0.05, 0.1) is 6.54 Å². The maximum atomic E-state index is 10.2. The number of carboxylic acids is 1. The van der Waals surface area contributed by atoms with Gasteiger partial charge in [-0.3, -0.25) is 4.79 Å². The fourth-order valence-electron chi connectivity index (χ4n) is 0.572. The molecule has 1 atom stereocenters. The van der Waals surface area contributed by atoms with Gasteiger partial charge in [-0.05, 0) is 6.92 Å². The lowest BCUT2D eigenvalue weighted by Gasteiger charge is -1.92. The van der Waals surface area contributed by atoms with E-state index in [1.807, 2.05) is 6.92 Å². The monoisotopic (exact) mass is 175 g/mol. The lowest BCUT2D eigenvalue weighted by molar-refractivity contribution is -0.135. The molecule has 6 nitrogen and oxygen atoms in total. The lowest BCUT2D eigenvalue weighted by Crippen LogP contribution is -2.23. The second-order valence-electron chi connectivity index (χ2n) is 2.35. The molecule has 2 amide bonds. The van der Waals surface area contributed by atoms with Crippen LogP contribution in [0.25, 0.3) is 0 Å². The summed E-state index contributed by atoms with van der Waals surface area (Å²) in [6, 6.07) is 0.264. The Labute approximate surface area is 70.1 Å². The van der Waals surface area contributed by atoms with Gasteiger partial charge in [0.1, 0.15) is 0 Å². The molecule has 70 valence electrons. The van der Waals surface area contributed by atoms with Crippen LogP contribution in [-0.2, 0) is 4.79 Å². The summed E-state index contributed by atoms with van der Waals surface area (Å²) < 4.78 is 0. The molecule has 0 aliphatic carbocycles. The van der Waals surface area contributed by atoms with E-state index in [2.05, 4.69) is 16.4 Å². The number of rotatable bonds is 1. The number of urea groups is 1. The molecule has 1 saturated heterocycles. The number of amides is 2. The number of aliphatic carboxylic acids is 1. The first kappa shape index (κ1) is 10.7. The predicted molar refractivity (Wildman–Crippen MR) is 42.7 cm³/mol. The zero-order valence-electron chi connectivity index (χ0n) is 6.83. The van der Waals surface area contributed by atoms with Crippen LogP contribution in [0.2, 0.25) is 0 Å². The molecule has 1 rings (SSSR count). The zero-order valence-corrected chi connectivity index (χ0v) is 6.83. The minimum Gasteiger partial charge on any atom is -0.480 e. The minimum atomic E-state index is -0.968. The Morgan fingerprint density at radius 1 is 1.83 bits per heavy atom. The average molecular weight is 175 g/mol. The van der Waals surface area contributed by atoms with Crippen LogP contribution in [0.4, 0.5) is 4.79 Å². The largest absolute Gasteiger partial charge is 0.480 e. The van der Waals surface area contributed by atoms with E-state index in [4.69, 9.17) is 5.11 Å². The summed E-state index contributed by atoms with van der Waals surface area (Å²) in [5.41, 5.74) is 4.57. The van der Waals surface area contributed by atoms with Crippen molar-refractivity contribution < 1.29 is 14.7 Å². The van der Waals surface area contributed by atoms with E-state index in [9.17, 15) is 9.59 Å². The maximum absolute atomic E-state index is 10.2. The number of hydrogen-bond acceptors (Lipinski definition) is 3. The summed E-state index contributed by atoms with van der Waals surface area (Å²) in [4.78, 5) is 19.5. The van der Waals surface area contributed by atoms with E-state index in [0.717, 1.165) is 6.54 Å². The highest BCUT2D eigenvalue weighted by molar-refractivity contribution is 5.76. The van der Waals surface area contributed by atoms with Crippen molar-refractivity contribution in [2.75, 3.05) is 13.1 Å². The second kappa shape index (κ2) is 5.36. The molecule has 0 saturated carbocycles. The van der Waals surface area contributed by atoms with Crippen molar-refractivity contribution in [3.05, 3.63) is 0 Å². The molecule has 12 heavy (non-hydrogen) atoms. The summed E-state index contributed by atoms with van der Waals surface area (Å²) in [5.74, 6) is -0.968. The van der Waals surface area contributed by atoms with Gasteiger partial charge in [0.25, 0.3) is 0 Å². The van der Waals surface area contributed by atoms with Crippen molar-refractivity contribution in [1.82, 2.24) is 10.6 Å². The van der Waals surface area contributed by atoms with Crippen LogP contribution in [-0.4, -0.2) is 36.2 Å². The third-order valence-electron chi connectivity index (χ3n) is 1.12. The topological polar surface area (TPSA) is 104 Å². The molecule has 0 aromatic rings. The van der Waals surface area contributed by atoms with Crippen molar-refractivity contribution in [3.63, 3.8) is 0 Å². The van der Waals surface area contributed by atoms with Crippen LogP contribution in [0.15, 0.2) is 0 Å². The van der Waals surface area contributed by atoms with Gasteiger partial charge in [0.2, 0.25) is 0 Å². The smallest absolute Gasteiger partial charge is 0.317 e. The zero-order chi connectivity index (χ0) is 9.56. The Balaban J connectivity index is 0.000000217. The predicted octanol–water partition coefficient (Wildman–Crippen LogP) is -1.28. The van der Waals surface area contributed by atoms with Crippen molar-refractivity contribution in [3.8, 4) is 0 Å². The van der Waals surface area contributed by atoms with E-state index < -0.39 is 5.97 Å². The molecule has 0 bridgehead atoms. The average Bonchev–Trinajstić information content (AvgIpc) is 2.36. The SMILES string of the molecule is CC1CNC(=O)N1.NCC(=O)O. The molecule has 0 spiro atoms. The first-order valence-electron chi connectivity index (χ1n) is 3.52. The molecular weight excluding hydrogens is 162 g/mol. The van der Waals surface area contributed by atoms with Gasteiger partial charge in [-0.15, -0.1) is 0 Å². The van der Waals surface area contributed by atoms with E-state index in [-0.39, 0.29) is 12.6 Å². The number of hydrogen-bond donors (Lipinski definition) is 4. The molecule has 1 aliphatic rings. The van der Waals surface area contributed by atoms with E-state index >= 15 is 0 Å². The van der Waals surface area contributed by atoms with Gasteiger partial charge in [-0.2, -0.15) is 0 Å². The van der Waals surface area contributed by atoms with Crippen LogP contribution in [0, 0.1) is 0 Å². The van der Waals surface area contributed by atoms with E-state index in [1.165, 1.54) is 0 Å². The van der Waals surface area contributed by atoms with Crippen LogP contribution in [0.5, 0.6) is 0 Å². The van der Waals surface area contributed by atoms with Gasteiger partial charge in [-0.25, -0.2) is 4.79 Å². The van der Waals surface area contributed by atoms with Gasteiger partial charge in [0, 0.05) is 12.6 Å². The Bertz CT molecular complexity index is 171. The number of nitrogens with two attached hydrogens (primary N) is 1. The Morgan fingerprint density at radius 2 is 2.33 bits per heavy atom.